The van der Waals surface area contributed by atoms with Gasteiger partial charge in [0.2, 0.25) is 5.91 Å². The zero-order chi connectivity index (χ0) is 16.4. The third kappa shape index (κ3) is 4.14. The van der Waals surface area contributed by atoms with Crippen LogP contribution in [-0.2, 0) is 11.3 Å². The zero-order valence-corrected chi connectivity index (χ0v) is 15.0. The van der Waals surface area contributed by atoms with E-state index in [0.717, 1.165) is 30.9 Å². The Morgan fingerprint density at radius 2 is 2.04 bits per heavy atom. The van der Waals surface area contributed by atoms with Gasteiger partial charge in [0, 0.05) is 33.8 Å². The van der Waals surface area contributed by atoms with E-state index < -0.39 is 0 Å². The molecule has 0 saturated carbocycles. The SMILES string of the molecule is O=C(Nc1cc(Cl)cc(Cl)c1)[C@H]1CCCN1Cc1nnsc1Cl. The average molecular weight is 392 g/mol. The molecular formula is C14H13Cl3N4OS. The molecule has 0 unspecified atom stereocenters. The summed E-state index contributed by atoms with van der Waals surface area (Å²) >= 11 is 19.1. The van der Waals surface area contributed by atoms with Gasteiger partial charge in [-0.05, 0) is 37.6 Å². The second-order valence-electron chi connectivity index (χ2n) is 5.27. The van der Waals surface area contributed by atoms with Crippen LogP contribution in [0.1, 0.15) is 18.5 Å². The van der Waals surface area contributed by atoms with Gasteiger partial charge in [-0.1, -0.05) is 39.3 Å². The number of halogens is 3. The van der Waals surface area contributed by atoms with Crippen molar-refractivity contribution in [2.45, 2.75) is 25.4 Å². The number of amides is 1. The number of benzene rings is 1. The van der Waals surface area contributed by atoms with Crippen LogP contribution in [0.3, 0.4) is 0 Å². The second-order valence-corrected chi connectivity index (χ2v) is 7.50. The molecule has 1 N–H and O–H groups in total. The Kier molecular flexibility index (Phi) is 5.38. The molecule has 1 fully saturated rings. The normalized spacial score (nSPS) is 18.3. The first-order valence-electron chi connectivity index (χ1n) is 7.00. The number of likely N-dealkylation sites (tertiary alicyclic amines) is 1. The highest BCUT2D eigenvalue weighted by molar-refractivity contribution is 7.10. The molecule has 1 aromatic heterocycles. The first kappa shape index (κ1) is 16.9. The molecule has 1 saturated heterocycles. The molecule has 0 spiro atoms. The van der Waals surface area contributed by atoms with E-state index in [0.29, 0.717) is 32.3 Å². The van der Waals surface area contributed by atoms with E-state index in [-0.39, 0.29) is 11.9 Å². The van der Waals surface area contributed by atoms with E-state index in [9.17, 15) is 4.79 Å². The summed E-state index contributed by atoms with van der Waals surface area (Å²) in [4.78, 5) is 14.6. The minimum absolute atomic E-state index is 0.0832. The zero-order valence-electron chi connectivity index (χ0n) is 11.9. The van der Waals surface area contributed by atoms with Crippen LogP contribution in [0.5, 0.6) is 0 Å². The lowest BCUT2D eigenvalue weighted by atomic mass is 10.2. The number of aromatic nitrogens is 2. The maximum Gasteiger partial charge on any atom is 0.241 e. The van der Waals surface area contributed by atoms with E-state index in [4.69, 9.17) is 34.8 Å². The van der Waals surface area contributed by atoms with Crippen molar-refractivity contribution in [3.8, 4) is 0 Å². The molecule has 1 amide bonds. The summed E-state index contributed by atoms with van der Waals surface area (Å²) in [6.07, 6.45) is 1.74. The molecule has 0 radical (unpaired) electrons. The van der Waals surface area contributed by atoms with Gasteiger partial charge < -0.3 is 5.32 Å². The Balaban J connectivity index is 1.69. The predicted molar refractivity (Wildman–Crippen MR) is 93.4 cm³/mol. The van der Waals surface area contributed by atoms with Gasteiger partial charge in [-0.25, -0.2) is 0 Å². The summed E-state index contributed by atoms with van der Waals surface area (Å²) in [5.41, 5.74) is 1.30. The molecule has 3 rings (SSSR count). The van der Waals surface area contributed by atoms with Gasteiger partial charge in [0.1, 0.15) is 10.0 Å². The lowest BCUT2D eigenvalue weighted by Crippen LogP contribution is -2.39. The molecule has 1 aromatic carbocycles. The Labute approximate surface area is 152 Å². The van der Waals surface area contributed by atoms with Crippen molar-refractivity contribution in [3.63, 3.8) is 0 Å². The predicted octanol–water partition coefficient (Wildman–Crippen LogP) is 4.10. The number of hydrogen-bond donors (Lipinski definition) is 1. The number of hydrogen-bond acceptors (Lipinski definition) is 5. The van der Waals surface area contributed by atoms with E-state index in [1.165, 1.54) is 0 Å². The Bertz CT molecular complexity index is 704. The molecule has 2 heterocycles. The van der Waals surface area contributed by atoms with Crippen molar-refractivity contribution in [1.82, 2.24) is 14.5 Å². The lowest BCUT2D eigenvalue weighted by molar-refractivity contribution is -0.120. The summed E-state index contributed by atoms with van der Waals surface area (Å²) in [5, 5.41) is 7.85. The van der Waals surface area contributed by atoms with Gasteiger partial charge in [0.25, 0.3) is 0 Å². The summed E-state index contributed by atoms with van der Waals surface area (Å²) in [6.45, 7) is 1.34. The molecule has 122 valence electrons. The first-order valence-corrected chi connectivity index (χ1v) is 8.91. The number of carbonyl (C=O) groups is 1. The number of nitrogens with one attached hydrogen (secondary N) is 1. The number of nitrogens with zero attached hydrogens (tertiary/aromatic N) is 3. The molecule has 23 heavy (non-hydrogen) atoms. The smallest absolute Gasteiger partial charge is 0.241 e. The van der Waals surface area contributed by atoms with Crippen molar-refractivity contribution < 1.29 is 4.79 Å². The fourth-order valence-corrected chi connectivity index (χ4v) is 3.79. The van der Waals surface area contributed by atoms with Crippen LogP contribution in [0, 0.1) is 0 Å². The second kappa shape index (κ2) is 7.32. The largest absolute Gasteiger partial charge is 0.325 e. The molecule has 0 aliphatic carbocycles. The van der Waals surface area contributed by atoms with Crippen LogP contribution in [0.25, 0.3) is 0 Å². The molecule has 5 nitrogen and oxygen atoms in total. The van der Waals surface area contributed by atoms with Gasteiger partial charge >= 0.3 is 0 Å². The number of rotatable bonds is 4. The van der Waals surface area contributed by atoms with Crippen molar-refractivity contribution >= 4 is 57.9 Å². The molecule has 1 atom stereocenters. The quantitative estimate of drug-likeness (QED) is 0.852. The molecule has 2 aromatic rings. The van der Waals surface area contributed by atoms with Crippen LogP contribution in [0.4, 0.5) is 5.69 Å². The molecule has 1 aliphatic heterocycles. The van der Waals surface area contributed by atoms with Crippen LogP contribution in [0.15, 0.2) is 18.2 Å². The topological polar surface area (TPSA) is 58.1 Å². The third-order valence-electron chi connectivity index (χ3n) is 3.66. The van der Waals surface area contributed by atoms with Crippen molar-refractivity contribution in [3.05, 3.63) is 38.3 Å². The van der Waals surface area contributed by atoms with Gasteiger partial charge in [0.05, 0.1) is 6.04 Å². The highest BCUT2D eigenvalue weighted by Crippen LogP contribution is 2.26. The van der Waals surface area contributed by atoms with E-state index in [1.807, 2.05) is 0 Å². The summed E-state index contributed by atoms with van der Waals surface area (Å²) in [7, 11) is 0. The Morgan fingerprint density at radius 1 is 1.30 bits per heavy atom. The standard InChI is InChI=1S/C14H13Cl3N4OS/c15-8-4-9(16)6-10(5-8)18-14(22)12-2-1-3-21(12)7-11-13(17)23-20-19-11/h4-6,12H,1-3,7H2,(H,18,22)/t12-/m1/s1. The molecular weight excluding hydrogens is 379 g/mol. The Morgan fingerprint density at radius 3 is 2.70 bits per heavy atom. The van der Waals surface area contributed by atoms with Crippen molar-refractivity contribution in [1.29, 1.82) is 0 Å². The summed E-state index contributed by atoms with van der Waals surface area (Å²) in [5.74, 6) is -0.0832. The van der Waals surface area contributed by atoms with Crippen molar-refractivity contribution in [2.75, 3.05) is 11.9 Å². The molecule has 0 bridgehead atoms. The third-order valence-corrected chi connectivity index (χ3v) is 5.08. The molecule has 9 heteroatoms. The Hall–Kier alpha value is -0.920. The first-order chi connectivity index (χ1) is 11.0. The minimum atomic E-state index is -0.231. The molecule has 1 aliphatic rings. The van der Waals surface area contributed by atoms with Crippen LogP contribution < -0.4 is 5.32 Å². The van der Waals surface area contributed by atoms with Crippen molar-refractivity contribution in [2.24, 2.45) is 0 Å². The van der Waals surface area contributed by atoms with Gasteiger partial charge in [-0.2, -0.15) is 0 Å². The van der Waals surface area contributed by atoms with Crippen LogP contribution in [-0.4, -0.2) is 33.0 Å². The van der Waals surface area contributed by atoms with Gasteiger partial charge in [0.15, 0.2) is 0 Å². The van der Waals surface area contributed by atoms with E-state index >= 15 is 0 Å². The minimum Gasteiger partial charge on any atom is -0.325 e. The lowest BCUT2D eigenvalue weighted by Gasteiger charge is -2.22. The highest BCUT2D eigenvalue weighted by atomic mass is 35.5. The number of anilines is 1. The fourth-order valence-electron chi connectivity index (χ4n) is 2.65. The summed E-state index contributed by atoms with van der Waals surface area (Å²) < 4.78 is 4.39. The monoisotopic (exact) mass is 390 g/mol. The van der Waals surface area contributed by atoms with Crippen LogP contribution >= 0.6 is 46.3 Å². The van der Waals surface area contributed by atoms with E-state index in [1.54, 1.807) is 18.2 Å². The van der Waals surface area contributed by atoms with Crippen LogP contribution in [0.2, 0.25) is 14.4 Å². The summed E-state index contributed by atoms with van der Waals surface area (Å²) in [6, 6.07) is 4.74. The van der Waals surface area contributed by atoms with Gasteiger partial charge in [-0.3, -0.25) is 9.69 Å². The number of carbonyl (C=O) groups excluding carboxylic acids is 1. The van der Waals surface area contributed by atoms with E-state index in [2.05, 4.69) is 19.8 Å². The highest BCUT2D eigenvalue weighted by Gasteiger charge is 2.31. The maximum absolute atomic E-state index is 12.6. The van der Waals surface area contributed by atoms with Gasteiger partial charge in [-0.15, -0.1) is 5.10 Å². The fraction of sp³-hybridized carbons (Fsp3) is 0.357. The maximum atomic E-state index is 12.6. The average Bonchev–Trinajstić information content (AvgIpc) is 3.08.